The monoisotopic (exact) mass is 307 g/mol. The highest BCUT2D eigenvalue weighted by Crippen LogP contribution is 2.22. The topological polar surface area (TPSA) is 56.0 Å². The number of nitrogens with zero attached hydrogens (tertiary/aromatic N) is 5. The van der Waals surface area contributed by atoms with Crippen LogP contribution in [-0.4, -0.2) is 36.1 Å². The third kappa shape index (κ3) is 3.42. The number of para-hydroxylation sites is 1. The lowest BCUT2D eigenvalue weighted by molar-refractivity contribution is 0.790. The molecule has 1 aliphatic heterocycles. The second kappa shape index (κ2) is 6.66. The van der Waals surface area contributed by atoms with Gasteiger partial charge in [0.1, 0.15) is 17.7 Å². The molecule has 0 aliphatic carbocycles. The van der Waals surface area contributed by atoms with Gasteiger partial charge in [0.2, 0.25) is 0 Å². The molecule has 0 atom stereocenters. The van der Waals surface area contributed by atoms with E-state index in [1.54, 1.807) is 0 Å². The van der Waals surface area contributed by atoms with Crippen molar-refractivity contribution in [3.05, 3.63) is 47.4 Å². The number of anilines is 2. The zero-order valence-corrected chi connectivity index (χ0v) is 13.7. The first kappa shape index (κ1) is 15.3. The molecule has 118 valence electrons. The lowest BCUT2D eigenvalue weighted by atomic mass is 10.1. The summed E-state index contributed by atoms with van der Waals surface area (Å²) in [7, 11) is 0. The van der Waals surface area contributed by atoms with Crippen molar-refractivity contribution in [3.63, 3.8) is 0 Å². The first-order valence-corrected chi connectivity index (χ1v) is 7.98. The van der Waals surface area contributed by atoms with Gasteiger partial charge in [0, 0.05) is 37.9 Å². The number of hydrogen-bond donors (Lipinski definition) is 0. The van der Waals surface area contributed by atoms with Gasteiger partial charge >= 0.3 is 0 Å². The Morgan fingerprint density at radius 3 is 2.52 bits per heavy atom. The first-order chi connectivity index (χ1) is 11.2. The predicted molar refractivity (Wildman–Crippen MR) is 91.7 cm³/mol. The summed E-state index contributed by atoms with van der Waals surface area (Å²) in [4.78, 5) is 13.5. The molecule has 1 aliphatic rings. The van der Waals surface area contributed by atoms with Crippen molar-refractivity contribution < 1.29 is 0 Å². The molecule has 0 radical (unpaired) electrons. The maximum Gasteiger partial charge on any atom is 0.132 e. The average Bonchev–Trinajstić information content (AvgIpc) is 2.80. The van der Waals surface area contributed by atoms with Crippen molar-refractivity contribution in [2.45, 2.75) is 20.3 Å². The number of aryl methyl sites for hydroxylation is 2. The maximum absolute atomic E-state index is 9.31. The second-order valence-electron chi connectivity index (χ2n) is 5.87. The van der Waals surface area contributed by atoms with Crippen LogP contribution in [0.3, 0.4) is 0 Å². The van der Waals surface area contributed by atoms with E-state index in [2.05, 4.69) is 25.8 Å². The lowest BCUT2D eigenvalue weighted by Gasteiger charge is -2.25. The molecule has 5 heteroatoms. The zero-order chi connectivity index (χ0) is 16.2. The third-order valence-corrected chi connectivity index (χ3v) is 4.14. The minimum Gasteiger partial charge on any atom is -0.369 e. The summed E-state index contributed by atoms with van der Waals surface area (Å²) in [5.41, 5.74) is 2.78. The number of nitriles is 1. The van der Waals surface area contributed by atoms with E-state index in [0.717, 1.165) is 61.2 Å². The van der Waals surface area contributed by atoms with E-state index in [0.29, 0.717) is 0 Å². The van der Waals surface area contributed by atoms with Gasteiger partial charge in [-0.05, 0) is 32.4 Å². The quantitative estimate of drug-likeness (QED) is 0.854. The fourth-order valence-corrected chi connectivity index (χ4v) is 3.09. The molecule has 1 fully saturated rings. The molecular formula is C18H21N5. The van der Waals surface area contributed by atoms with Gasteiger partial charge in [-0.2, -0.15) is 5.26 Å². The largest absolute Gasteiger partial charge is 0.369 e. The fraction of sp³-hybridized carbons (Fsp3) is 0.389. The average molecular weight is 307 g/mol. The van der Waals surface area contributed by atoms with Gasteiger partial charge in [-0.3, -0.25) is 0 Å². The molecule has 2 heterocycles. The molecule has 0 unspecified atom stereocenters. The molecule has 1 aromatic heterocycles. The number of benzene rings is 1. The summed E-state index contributed by atoms with van der Waals surface area (Å²) >= 11 is 0. The van der Waals surface area contributed by atoms with Crippen molar-refractivity contribution in [3.8, 4) is 6.07 Å². The van der Waals surface area contributed by atoms with E-state index in [1.165, 1.54) is 0 Å². The SMILES string of the molecule is Cc1cc(N2CCCN(c3ccccc3C#N)CC2)nc(C)n1. The molecule has 0 saturated carbocycles. The Morgan fingerprint density at radius 2 is 1.74 bits per heavy atom. The van der Waals surface area contributed by atoms with Gasteiger partial charge in [-0.1, -0.05) is 12.1 Å². The Labute approximate surface area is 137 Å². The number of rotatable bonds is 2. The Bertz CT molecular complexity index is 714. The van der Waals surface area contributed by atoms with Crippen molar-refractivity contribution in [1.82, 2.24) is 9.97 Å². The third-order valence-electron chi connectivity index (χ3n) is 4.14. The maximum atomic E-state index is 9.31. The van der Waals surface area contributed by atoms with Crippen molar-refractivity contribution in [2.75, 3.05) is 36.0 Å². The van der Waals surface area contributed by atoms with Gasteiger partial charge < -0.3 is 9.80 Å². The van der Waals surface area contributed by atoms with E-state index < -0.39 is 0 Å². The minimum absolute atomic E-state index is 0.745. The Balaban J connectivity index is 1.78. The molecule has 0 spiro atoms. The first-order valence-electron chi connectivity index (χ1n) is 7.98. The van der Waals surface area contributed by atoms with Crippen LogP contribution < -0.4 is 9.80 Å². The molecule has 23 heavy (non-hydrogen) atoms. The zero-order valence-electron chi connectivity index (χ0n) is 13.7. The minimum atomic E-state index is 0.745. The van der Waals surface area contributed by atoms with Crippen molar-refractivity contribution >= 4 is 11.5 Å². The molecule has 0 amide bonds. The van der Waals surface area contributed by atoms with E-state index in [-0.39, 0.29) is 0 Å². The van der Waals surface area contributed by atoms with Gasteiger partial charge in [0.05, 0.1) is 11.3 Å². The smallest absolute Gasteiger partial charge is 0.132 e. The molecule has 0 bridgehead atoms. The van der Waals surface area contributed by atoms with Crippen LogP contribution in [0.25, 0.3) is 0 Å². The summed E-state index contributed by atoms with van der Waals surface area (Å²) in [6, 6.07) is 12.2. The summed E-state index contributed by atoms with van der Waals surface area (Å²) < 4.78 is 0. The van der Waals surface area contributed by atoms with Crippen LogP contribution in [0.1, 0.15) is 23.5 Å². The van der Waals surface area contributed by atoms with Crippen molar-refractivity contribution in [1.29, 1.82) is 5.26 Å². The molecule has 3 rings (SSSR count). The van der Waals surface area contributed by atoms with Crippen LogP contribution in [0.15, 0.2) is 30.3 Å². The van der Waals surface area contributed by atoms with Crippen LogP contribution in [0.4, 0.5) is 11.5 Å². The summed E-state index contributed by atoms with van der Waals surface area (Å²) in [6.07, 6.45) is 1.04. The Hall–Kier alpha value is -2.61. The van der Waals surface area contributed by atoms with E-state index in [9.17, 15) is 5.26 Å². The summed E-state index contributed by atoms with van der Waals surface area (Å²) in [6.45, 7) is 7.66. The van der Waals surface area contributed by atoms with Crippen molar-refractivity contribution in [2.24, 2.45) is 0 Å². The second-order valence-corrected chi connectivity index (χ2v) is 5.87. The normalized spacial score (nSPS) is 15.2. The lowest BCUT2D eigenvalue weighted by Crippen LogP contribution is -2.31. The predicted octanol–water partition coefficient (Wildman–Crippen LogP) is 2.68. The molecule has 2 aromatic rings. The molecular weight excluding hydrogens is 286 g/mol. The Morgan fingerprint density at radius 1 is 1.00 bits per heavy atom. The molecule has 1 saturated heterocycles. The fourth-order valence-electron chi connectivity index (χ4n) is 3.09. The van der Waals surface area contributed by atoms with Crippen LogP contribution in [0, 0.1) is 25.2 Å². The van der Waals surface area contributed by atoms with E-state index >= 15 is 0 Å². The highest BCUT2D eigenvalue weighted by atomic mass is 15.3. The van der Waals surface area contributed by atoms with Crippen LogP contribution in [0.2, 0.25) is 0 Å². The number of aromatic nitrogens is 2. The molecule has 0 N–H and O–H groups in total. The highest BCUT2D eigenvalue weighted by molar-refractivity contribution is 5.59. The highest BCUT2D eigenvalue weighted by Gasteiger charge is 2.18. The van der Waals surface area contributed by atoms with Gasteiger partial charge in [-0.15, -0.1) is 0 Å². The standard InChI is InChI=1S/C18H21N5/c1-14-12-18(21-15(2)20-14)23-9-5-8-22(10-11-23)17-7-4-3-6-16(17)13-19/h3-4,6-7,12H,5,8-11H2,1-2H3. The summed E-state index contributed by atoms with van der Waals surface area (Å²) in [5, 5.41) is 9.31. The van der Waals surface area contributed by atoms with Crippen LogP contribution in [0.5, 0.6) is 0 Å². The van der Waals surface area contributed by atoms with Gasteiger partial charge in [-0.25, -0.2) is 9.97 Å². The van der Waals surface area contributed by atoms with Gasteiger partial charge in [0.25, 0.3) is 0 Å². The molecule has 1 aromatic carbocycles. The van der Waals surface area contributed by atoms with E-state index in [4.69, 9.17) is 0 Å². The molecule has 5 nitrogen and oxygen atoms in total. The van der Waals surface area contributed by atoms with Gasteiger partial charge in [0.15, 0.2) is 0 Å². The summed E-state index contributed by atoms with van der Waals surface area (Å²) in [5.74, 6) is 1.82. The number of hydrogen-bond acceptors (Lipinski definition) is 5. The van der Waals surface area contributed by atoms with E-state index in [1.807, 2.05) is 44.2 Å². The Kier molecular flexibility index (Phi) is 4.42. The van der Waals surface area contributed by atoms with Crippen LogP contribution in [-0.2, 0) is 0 Å². The van der Waals surface area contributed by atoms with Crippen LogP contribution >= 0.6 is 0 Å².